The number of nitrogens with zero attached hydrogens (tertiary/aromatic N) is 1. The average Bonchev–Trinajstić information content (AvgIpc) is 2.36. The van der Waals surface area contributed by atoms with Crippen LogP contribution in [0.1, 0.15) is 19.4 Å². The van der Waals surface area contributed by atoms with Crippen LogP contribution in [-0.2, 0) is 4.79 Å². The first-order valence-electron chi connectivity index (χ1n) is 3.83. The summed E-state index contributed by atoms with van der Waals surface area (Å²) in [5.41, 5.74) is 0.837. The first-order valence-corrected chi connectivity index (χ1v) is 3.83. The predicted octanol–water partition coefficient (Wildman–Crippen LogP) is 1.58. The normalized spacial score (nSPS) is 10.3. The van der Waals surface area contributed by atoms with Crippen LogP contribution < -0.4 is 5.32 Å². The van der Waals surface area contributed by atoms with Crippen molar-refractivity contribution in [1.29, 1.82) is 0 Å². The third-order valence-corrected chi connectivity index (χ3v) is 1.51. The van der Waals surface area contributed by atoms with Gasteiger partial charge in [-0.2, -0.15) is 0 Å². The molecule has 0 aliphatic heterocycles. The van der Waals surface area contributed by atoms with E-state index >= 15 is 0 Å². The van der Waals surface area contributed by atoms with E-state index < -0.39 is 0 Å². The molecular weight excluding hydrogens is 156 g/mol. The fraction of sp³-hybridized carbons (Fsp3) is 0.500. The lowest BCUT2D eigenvalue weighted by atomic mass is 10.2. The van der Waals surface area contributed by atoms with Crippen LogP contribution in [0, 0.1) is 12.8 Å². The van der Waals surface area contributed by atoms with E-state index in [-0.39, 0.29) is 11.8 Å². The maximum absolute atomic E-state index is 11.2. The Morgan fingerprint density at radius 1 is 1.67 bits per heavy atom. The van der Waals surface area contributed by atoms with Crippen molar-refractivity contribution in [2.24, 2.45) is 5.92 Å². The van der Waals surface area contributed by atoms with Crippen LogP contribution in [0.2, 0.25) is 0 Å². The average molecular weight is 168 g/mol. The van der Waals surface area contributed by atoms with Gasteiger partial charge in [-0.3, -0.25) is 4.79 Å². The summed E-state index contributed by atoms with van der Waals surface area (Å²) in [7, 11) is 0. The van der Waals surface area contributed by atoms with Gasteiger partial charge in [0.25, 0.3) is 0 Å². The highest BCUT2D eigenvalue weighted by atomic mass is 16.5. The molecule has 0 atom stereocenters. The number of hydrogen-bond acceptors (Lipinski definition) is 3. The predicted molar refractivity (Wildman–Crippen MR) is 44.7 cm³/mol. The molecule has 4 nitrogen and oxygen atoms in total. The number of carbonyl (C=O) groups is 1. The SMILES string of the molecule is Cc1conc1NC(=O)C(C)C. The first kappa shape index (κ1) is 8.77. The Balaban J connectivity index is 2.64. The van der Waals surface area contributed by atoms with Crippen molar-refractivity contribution >= 4 is 11.7 Å². The molecule has 0 fully saturated rings. The van der Waals surface area contributed by atoms with Crippen LogP contribution in [0.15, 0.2) is 10.8 Å². The molecule has 1 aromatic rings. The van der Waals surface area contributed by atoms with Crippen LogP contribution in [0.3, 0.4) is 0 Å². The van der Waals surface area contributed by atoms with E-state index in [0.29, 0.717) is 5.82 Å². The summed E-state index contributed by atoms with van der Waals surface area (Å²) < 4.78 is 4.66. The Bertz CT molecular complexity index is 278. The lowest BCUT2D eigenvalue weighted by molar-refractivity contribution is -0.118. The molecular formula is C8H12N2O2. The summed E-state index contributed by atoms with van der Waals surface area (Å²) in [5.74, 6) is 0.418. The van der Waals surface area contributed by atoms with Crippen LogP contribution >= 0.6 is 0 Å². The molecule has 0 aromatic carbocycles. The number of nitrogens with one attached hydrogen (secondary N) is 1. The van der Waals surface area contributed by atoms with Gasteiger partial charge >= 0.3 is 0 Å². The number of anilines is 1. The highest BCUT2D eigenvalue weighted by Crippen LogP contribution is 2.11. The molecule has 1 rings (SSSR count). The van der Waals surface area contributed by atoms with E-state index in [0.717, 1.165) is 5.56 Å². The van der Waals surface area contributed by atoms with E-state index in [9.17, 15) is 4.79 Å². The number of hydrogen-bond donors (Lipinski definition) is 1. The number of amides is 1. The lowest BCUT2D eigenvalue weighted by Gasteiger charge is -2.03. The van der Waals surface area contributed by atoms with Gasteiger partial charge in [0, 0.05) is 11.5 Å². The van der Waals surface area contributed by atoms with Gasteiger partial charge in [0.05, 0.1) is 0 Å². The van der Waals surface area contributed by atoms with Crippen molar-refractivity contribution in [1.82, 2.24) is 5.16 Å². The highest BCUT2D eigenvalue weighted by Gasteiger charge is 2.10. The van der Waals surface area contributed by atoms with Crippen molar-refractivity contribution in [2.75, 3.05) is 5.32 Å². The minimum atomic E-state index is -0.0491. The minimum absolute atomic E-state index is 0.0406. The largest absolute Gasteiger partial charge is 0.362 e. The van der Waals surface area contributed by atoms with E-state index in [1.165, 1.54) is 6.26 Å². The second-order valence-corrected chi connectivity index (χ2v) is 2.99. The molecule has 1 heterocycles. The first-order chi connectivity index (χ1) is 5.61. The quantitative estimate of drug-likeness (QED) is 0.729. The Labute approximate surface area is 70.9 Å². The number of aryl methyl sites for hydroxylation is 1. The number of carbonyl (C=O) groups excluding carboxylic acids is 1. The molecule has 0 radical (unpaired) electrons. The van der Waals surface area contributed by atoms with Crippen molar-refractivity contribution in [3.63, 3.8) is 0 Å². The van der Waals surface area contributed by atoms with Gasteiger partial charge in [-0.15, -0.1) is 0 Å². The molecule has 0 spiro atoms. The van der Waals surface area contributed by atoms with E-state index in [1.54, 1.807) is 0 Å². The standard InChI is InChI=1S/C8H12N2O2/c1-5(2)8(11)9-7-6(3)4-12-10-7/h4-5H,1-3H3,(H,9,10,11). The highest BCUT2D eigenvalue weighted by molar-refractivity contribution is 5.91. The molecule has 1 aromatic heterocycles. The van der Waals surface area contributed by atoms with Gasteiger partial charge in [-0.05, 0) is 6.92 Å². The molecule has 1 N–H and O–H groups in total. The van der Waals surface area contributed by atoms with Crippen molar-refractivity contribution in [2.45, 2.75) is 20.8 Å². The maximum atomic E-state index is 11.2. The summed E-state index contributed by atoms with van der Waals surface area (Å²) in [6.07, 6.45) is 1.50. The molecule has 0 aliphatic carbocycles. The molecule has 1 amide bonds. The zero-order chi connectivity index (χ0) is 9.14. The van der Waals surface area contributed by atoms with E-state index in [4.69, 9.17) is 0 Å². The Kier molecular flexibility index (Phi) is 2.47. The fourth-order valence-electron chi connectivity index (χ4n) is 0.668. The Hall–Kier alpha value is -1.32. The van der Waals surface area contributed by atoms with Gasteiger partial charge in [0.1, 0.15) is 6.26 Å². The van der Waals surface area contributed by atoms with Gasteiger partial charge in [0.15, 0.2) is 5.82 Å². The van der Waals surface area contributed by atoms with Crippen LogP contribution in [0.4, 0.5) is 5.82 Å². The molecule has 0 saturated carbocycles. The zero-order valence-electron chi connectivity index (χ0n) is 7.42. The van der Waals surface area contributed by atoms with Crippen molar-refractivity contribution < 1.29 is 9.32 Å². The molecule has 66 valence electrons. The van der Waals surface area contributed by atoms with Gasteiger partial charge < -0.3 is 9.84 Å². The Morgan fingerprint density at radius 3 is 2.75 bits per heavy atom. The number of aromatic nitrogens is 1. The molecule has 12 heavy (non-hydrogen) atoms. The van der Waals surface area contributed by atoms with Crippen LogP contribution in [-0.4, -0.2) is 11.1 Å². The summed E-state index contributed by atoms with van der Waals surface area (Å²) in [6.45, 7) is 5.47. The van der Waals surface area contributed by atoms with E-state index in [1.807, 2.05) is 20.8 Å². The summed E-state index contributed by atoms with van der Waals surface area (Å²) in [5, 5.41) is 6.28. The smallest absolute Gasteiger partial charge is 0.228 e. The second kappa shape index (κ2) is 3.38. The maximum Gasteiger partial charge on any atom is 0.228 e. The summed E-state index contributed by atoms with van der Waals surface area (Å²) in [4.78, 5) is 11.2. The summed E-state index contributed by atoms with van der Waals surface area (Å²) >= 11 is 0. The topological polar surface area (TPSA) is 55.1 Å². The van der Waals surface area contributed by atoms with Crippen LogP contribution in [0.25, 0.3) is 0 Å². The Morgan fingerprint density at radius 2 is 2.33 bits per heavy atom. The minimum Gasteiger partial charge on any atom is -0.362 e. The third kappa shape index (κ3) is 1.84. The molecule has 4 heteroatoms. The molecule has 0 aliphatic rings. The van der Waals surface area contributed by atoms with Gasteiger partial charge in [-0.25, -0.2) is 0 Å². The second-order valence-electron chi connectivity index (χ2n) is 2.99. The monoisotopic (exact) mass is 168 g/mol. The molecule has 0 bridgehead atoms. The number of rotatable bonds is 2. The zero-order valence-corrected chi connectivity index (χ0v) is 7.42. The van der Waals surface area contributed by atoms with Crippen LogP contribution in [0.5, 0.6) is 0 Å². The fourth-order valence-corrected chi connectivity index (χ4v) is 0.668. The van der Waals surface area contributed by atoms with Gasteiger partial charge in [-0.1, -0.05) is 19.0 Å². The van der Waals surface area contributed by atoms with Crippen molar-refractivity contribution in [3.8, 4) is 0 Å². The summed E-state index contributed by atoms with van der Waals surface area (Å²) in [6, 6.07) is 0. The molecule has 0 unspecified atom stereocenters. The van der Waals surface area contributed by atoms with Gasteiger partial charge in [0.2, 0.25) is 5.91 Å². The third-order valence-electron chi connectivity index (χ3n) is 1.51. The van der Waals surface area contributed by atoms with E-state index in [2.05, 4.69) is 15.0 Å². The lowest BCUT2D eigenvalue weighted by Crippen LogP contribution is -2.18. The molecule has 0 saturated heterocycles. The van der Waals surface area contributed by atoms with Crippen molar-refractivity contribution in [3.05, 3.63) is 11.8 Å².